The molecule has 5 atom stereocenters. The van der Waals surface area contributed by atoms with Crippen LogP contribution in [0.15, 0.2) is 78.6 Å². The number of alkyl halides is 3. The molecule has 24 heteroatoms. The van der Waals surface area contributed by atoms with Crippen LogP contribution in [0.25, 0.3) is 16.0 Å². The van der Waals surface area contributed by atoms with Crippen LogP contribution in [0.2, 0.25) is 0 Å². The average molecular weight is 1240 g/mol. The molecule has 9 rings (SSSR count). The number of rotatable bonds is 19. The van der Waals surface area contributed by atoms with Crippen molar-refractivity contribution in [1.82, 2.24) is 45.2 Å². The molecule has 0 radical (unpaired) electrons. The molecule has 3 aromatic carbocycles. The van der Waals surface area contributed by atoms with Gasteiger partial charge < -0.3 is 40.7 Å². The number of aliphatic hydroxyl groups excluding tert-OH is 1. The van der Waals surface area contributed by atoms with Gasteiger partial charge in [-0.2, -0.15) is 13.2 Å². The van der Waals surface area contributed by atoms with E-state index in [-0.39, 0.29) is 73.1 Å². The Balaban J connectivity index is 0.707. The first-order valence-electron chi connectivity index (χ1n) is 30.1. The third kappa shape index (κ3) is 15.9. The predicted octanol–water partition coefficient (Wildman–Crippen LogP) is 8.68. The number of likely N-dealkylation sites (tertiary alicyclic amines) is 1. The number of amides is 5. The fraction of sp³-hybridized carbons (Fsp3) is 0.500. The van der Waals surface area contributed by atoms with E-state index in [1.165, 1.54) is 17.0 Å². The average Bonchev–Trinajstić information content (AvgIpc) is 2.05. The molecule has 18 nitrogen and oxygen atoms in total. The topological polar surface area (TPSA) is 200 Å². The number of likely N-dealkylation sites (N-methyl/N-ethyl adjacent to an activating group) is 1. The molecule has 5 aromatic rings. The van der Waals surface area contributed by atoms with Crippen LogP contribution < -0.4 is 25.8 Å². The van der Waals surface area contributed by atoms with Crippen LogP contribution in [0.3, 0.4) is 0 Å². The highest BCUT2D eigenvalue weighted by atomic mass is 32.1. The molecule has 0 bridgehead atoms. The molecule has 2 aromatic heterocycles. The molecule has 5 amide bonds. The van der Waals surface area contributed by atoms with E-state index < -0.39 is 64.4 Å². The number of hydrogen-bond donors (Lipinski definition) is 4. The Morgan fingerprint density at radius 2 is 1.51 bits per heavy atom. The highest BCUT2D eigenvalue weighted by molar-refractivity contribution is 7.13. The molecule has 472 valence electrons. The normalized spacial score (nSPS) is 20.0. The Bertz CT molecular complexity index is 3340. The van der Waals surface area contributed by atoms with Crippen molar-refractivity contribution < 1.29 is 51.0 Å². The molecule has 0 saturated carbocycles. The summed E-state index contributed by atoms with van der Waals surface area (Å²) in [5, 5.41) is 19.1. The summed E-state index contributed by atoms with van der Waals surface area (Å²) < 4.78 is 72.4. The smallest absolute Gasteiger partial charge is 0.391 e. The SMILES string of the molecule is Cc1ncsc1-c1ccc(CNC(=O)[C@@H]2C[C@@H](O)CN2C(=O)[C@@H](NC(=O)CCCCCC(=O)N2CCN(Cc3cnc(N4CC=C(c5cc(NC(=O)c6ccc(F)cc6C(F)(F)F)c(N6C[C@@H](C)N(C)[C@@H](C)C6)cc5F)CC4)nc3)CC2)C(C)(C)C)cc1. The third-order valence-corrected chi connectivity index (χ3v) is 18.2. The number of thiazole rings is 1. The van der Waals surface area contributed by atoms with Gasteiger partial charge in [-0.3, -0.25) is 33.8 Å². The minimum absolute atomic E-state index is 0.0237. The minimum atomic E-state index is -5.00. The van der Waals surface area contributed by atoms with E-state index in [0.29, 0.717) is 108 Å². The summed E-state index contributed by atoms with van der Waals surface area (Å²) in [4.78, 5) is 94.1. The molecular formula is C64H79F5N12O6S. The second-order valence-corrected chi connectivity index (χ2v) is 25.6. The van der Waals surface area contributed by atoms with Gasteiger partial charge in [0.1, 0.15) is 23.7 Å². The molecule has 88 heavy (non-hydrogen) atoms. The number of aromatic nitrogens is 3. The molecule has 0 unspecified atom stereocenters. The lowest BCUT2D eigenvalue weighted by molar-refractivity contribution is -0.144. The Morgan fingerprint density at radius 3 is 2.15 bits per heavy atom. The van der Waals surface area contributed by atoms with Gasteiger partial charge in [-0.05, 0) is 99.5 Å². The van der Waals surface area contributed by atoms with Crippen molar-refractivity contribution in [3.8, 4) is 10.4 Å². The van der Waals surface area contributed by atoms with E-state index in [4.69, 9.17) is 0 Å². The number of hydrogen-bond acceptors (Lipinski definition) is 14. The summed E-state index contributed by atoms with van der Waals surface area (Å²) in [6.07, 6.45) is 2.20. The number of benzene rings is 3. The number of piperazine rings is 2. The largest absolute Gasteiger partial charge is 0.417 e. The highest BCUT2D eigenvalue weighted by Crippen LogP contribution is 2.39. The quantitative estimate of drug-likeness (QED) is 0.0453. The molecule has 6 heterocycles. The lowest BCUT2D eigenvalue weighted by Gasteiger charge is -2.44. The number of nitrogens with one attached hydrogen (secondary N) is 3. The number of carbonyl (C=O) groups is 5. The van der Waals surface area contributed by atoms with Gasteiger partial charge in [-0.25, -0.2) is 23.7 Å². The first-order chi connectivity index (χ1) is 41.8. The van der Waals surface area contributed by atoms with Gasteiger partial charge in [0.25, 0.3) is 5.91 Å². The van der Waals surface area contributed by atoms with Crippen LogP contribution in [0.1, 0.15) is 118 Å². The monoisotopic (exact) mass is 1240 g/mol. The van der Waals surface area contributed by atoms with Crippen molar-refractivity contribution in [1.29, 1.82) is 0 Å². The number of anilines is 3. The zero-order chi connectivity index (χ0) is 63.2. The van der Waals surface area contributed by atoms with Crippen molar-refractivity contribution in [2.24, 2.45) is 5.41 Å². The summed E-state index contributed by atoms with van der Waals surface area (Å²) in [5.41, 5.74) is 3.98. The van der Waals surface area contributed by atoms with Gasteiger partial charge in [0.2, 0.25) is 29.6 Å². The Labute approximate surface area is 514 Å². The minimum Gasteiger partial charge on any atom is -0.391 e. The zero-order valence-electron chi connectivity index (χ0n) is 50.9. The van der Waals surface area contributed by atoms with Gasteiger partial charge >= 0.3 is 6.18 Å². The zero-order valence-corrected chi connectivity index (χ0v) is 51.7. The van der Waals surface area contributed by atoms with Crippen molar-refractivity contribution in [3.05, 3.63) is 124 Å². The maximum Gasteiger partial charge on any atom is 0.417 e. The van der Waals surface area contributed by atoms with E-state index in [1.54, 1.807) is 29.2 Å². The number of nitrogens with zero attached hydrogens (tertiary/aromatic N) is 9. The van der Waals surface area contributed by atoms with Gasteiger partial charge in [0.15, 0.2) is 0 Å². The number of aryl methyl sites for hydroxylation is 1. The number of β-amino-alcohol motifs (C(OH)–C–C–N with tert-alkyl or cyclic N) is 1. The van der Waals surface area contributed by atoms with Crippen LogP contribution in [0.5, 0.6) is 0 Å². The Kier molecular flexibility index (Phi) is 20.7. The maximum atomic E-state index is 16.3. The number of halogens is 5. The third-order valence-electron chi connectivity index (χ3n) is 17.2. The molecule has 3 saturated heterocycles. The number of unbranched alkanes of at least 4 members (excludes halogenated alkanes) is 2. The standard InChI is InChI=1S/C64H79F5N12O6S/c1-39-34-80(35-40(2)76(39)7)53-30-51(66)49(29-52(53)74-59(85)48-18-17-46(65)27-50(48)64(67,68)69)44-19-21-79(22-20-44)62-71-32-43(33-72-62)36-77-23-25-78(26-24-77)56(84)12-10-8-9-11-55(83)75-58(63(4,5)6)61(87)81-37-47(82)28-54(81)60(86)70-31-42-13-15-45(16-14-42)57-41(3)73-38-88-57/h13-19,27,29-30,32-33,38-40,47,54,58,82H,8-12,20-26,28,31,34-37H2,1-7H3,(H,70,86)(H,74,85)(H,75,83)/t39-,40+,47-,54+,58-/m1/s1. The van der Waals surface area contributed by atoms with Crippen LogP contribution in [0, 0.1) is 24.0 Å². The van der Waals surface area contributed by atoms with Gasteiger partial charge in [0, 0.05) is 127 Å². The first kappa shape index (κ1) is 65.0. The maximum absolute atomic E-state index is 16.3. The summed E-state index contributed by atoms with van der Waals surface area (Å²) in [6, 6.07) is 10.8. The van der Waals surface area contributed by atoms with E-state index in [1.807, 2.05) is 93.6 Å². The van der Waals surface area contributed by atoms with E-state index in [9.17, 15) is 46.6 Å². The molecule has 0 spiro atoms. The summed E-state index contributed by atoms with van der Waals surface area (Å²) >= 11 is 1.56. The van der Waals surface area contributed by atoms with Crippen molar-refractivity contribution in [2.45, 2.75) is 136 Å². The van der Waals surface area contributed by atoms with Crippen molar-refractivity contribution in [2.75, 3.05) is 81.1 Å². The van der Waals surface area contributed by atoms with Crippen molar-refractivity contribution >= 4 is 63.8 Å². The molecule has 3 fully saturated rings. The molecule has 4 aliphatic heterocycles. The Hall–Kier alpha value is -7.41. The van der Waals surface area contributed by atoms with Crippen LogP contribution in [0.4, 0.5) is 39.3 Å². The van der Waals surface area contributed by atoms with E-state index >= 15 is 4.39 Å². The number of carbonyl (C=O) groups excluding carboxylic acids is 5. The van der Waals surface area contributed by atoms with Crippen LogP contribution in [-0.4, -0.2) is 165 Å². The second kappa shape index (κ2) is 28.0. The lowest BCUT2D eigenvalue weighted by atomic mass is 9.85. The second-order valence-electron chi connectivity index (χ2n) is 24.7. The lowest BCUT2D eigenvalue weighted by Crippen LogP contribution is -2.57. The van der Waals surface area contributed by atoms with Gasteiger partial charge in [-0.15, -0.1) is 11.3 Å². The molecule has 4 N–H and O–H groups in total. The predicted molar refractivity (Wildman–Crippen MR) is 328 cm³/mol. The fourth-order valence-corrected chi connectivity index (χ4v) is 12.7. The van der Waals surface area contributed by atoms with Crippen molar-refractivity contribution in [3.63, 3.8) is 0 Å². The number of aliphatic hydroxyl groups is 1. The van der Waals surface area contributed by atoms with Crippen LogP contribution in [-0.2, 0) is 38.4 Å². The Morgan fingerprint density at radius 1 is 0.818 bits per heavy atom. The van der Waals surface area contributed by atoms with Gasteiger partial charge in [0.05, 0.1) is 44.7 Å². The summed E-state index contributed by atoms with van der Waals surface area (Å²) in [5.74, 6) is -3.37. The summed E-state index contributed by atoms with van der Waals surface area (Å²) in [7, 11) is 1.98. The van der Waals surface area contributed by atoms with E-state index in [0.717, 1.165) is 39.4 Å². The molecule has 4 aliphatic rings. The van der Waals surface area contributed by atoms with Gasteiger partial charge in [-0.1, -0.05) is 57.5 Å². The van der Waals surface area contributed by atoms with Crippen LogP contribution >= 0.6 is 11.3 Å². The molecular weight excluding hydrogens is 1160 g/mol. The van der Waals surface area contributed by atoms with E-state index in [2.05, 4.69) is 40.7 Å². The first-order valence-corrected chi connectivity index (χ1v) is 31.0. The molecule has 0 aliphatic carbocycles. The highest BCUT2D eigenvalue weighted by Gasteiger charge is 2.45. The fourth-order valence-electron chi connectivity index (χ4n) is 11.9. The summed E-state index contributed by atoms with van der Waals surface area (Å²) in [6.45, 7) is 16.5.